The third-order valence-corrected chi connectivity index (χ3v) is 4.06. The number of hydrogen-bond acceptors (Lipinski definition) is 2. The third-order valence-electron chi connectivity index (χ3n) is 3.60. The maximum absolute atomic E-state index is 13.4. The summed E-state index contributed by atoms with van der Waals surface area (Å²) in [7, 11) is 0. The van der Waals surface area contributed by atoms with E-state index in [9.17, 15) is 14.0 Å². The predicted molar refractivity (Wildman–Crippen MR) is 75.0 cm³/mol. The molecule has 2 unspecified atom stereocenters. The van der Waals surface area contributed by atoms with E-state index < -0.39 is 17.7 Å². The molecule has 1 fully saturated rings. The van der Waals surface area contributed by atoms with Crippen molar-refractivity contribution in [3.8, 4) is 0 Å². The molecule has 1 amide bonds. The molecular formula is C14H15BrFNO3. The molecular weight excluding hydrogens is 329 g/mol. The van der Waals surface area contributed by atoms with Gasteiger partial charge in [-0.15, -0.1) is 0 Å². The molecule has 0 radical (unpaired) electrons. The Labute approximate surface area is 124 Å². The first-order valence-corrected chi connectivity index (χ1v) is 7.17. The number of carboxylic acids is 1. The van der Waals surface area contributed by atoms with Crippen molar-refractivity contribution in [3.63, 3.8) is 0 Å². The SMILES string of the molecule is CC1CCC(C(=O)O)CN1C(=O)c1cc(F)cc(Br)c1. The molecule has 20 heavy (non-hydrogen) atoms. The molecule has 1 aromatic rings. The summed E-state index contributed by atoms with van der Waals surface area (Å²) in [4.78, 5) is 25.0. The van der Waals surface area contributed by atoms with E-state index in [4.69, 9.17) is 5.11 Å². The monoisotopic (exact) mass is 343 g/mol. The van der Waals surface area contributed by atoms with Crippen molar-refractivity contribution in [1.82, 2.24) is 4.90 Å². The number of carbonyl (C=O) groups excluding carboxylic acids is 1. The first kappa shape index (κ1) is 15.0. The minimum atomic E-state index is -0.893. The Morgan fingerprint density at radius 2 is 2.05 bits per heavy atom. The number of rotatable bonds is 2. The summed E-state index contributed by atoms with van der Waals surface area (Å²) < 4.78 is 13.8. The predicted octanol–water partition coefficient (Wildman–Crippen LogP) is 2.91. The third kappa shape index (κ3) is 3.17. The molecule has 1 heterocycles. The molecule has 0 aromatic heterocycles. The Kier molecular flexibility index (Phi) is 4.42. The second-order valence-corrected chi connectivity index (χ2v) is 5.99. The highest BCUT2D eigenvalue weighted by molar-refractivity contribution is 9.10. The summed E-state index contributed by atoms with van der Waals surface area (Å²) in [6.07, 6.45) is 1.20. The number of amides is 1. The average Bonchev–Trinajstić information content (AvgIpc) is 2.37. The van der Waals surface area contributed by atoms with E-state index in [0.717, 1.165) is 0 Å². The van der Waals surface area contributed by atoms with Gasteiger partial charge < -0.3 is 10.0 Å². The van der Waals surface area contributed by atoms with Crippen molar-refractivity contribution in [1.29, 1.82) is 0 Å². The fourth-order valence-corrected chi connectivity index (χ4v) is 2.90. The van der Waals surface area contributed by atoms with E-state index in [-0.39, 0.29) is 24.1 Å². The van der Waals surface area contributed by atoms with Gasteiger partial charge in [-0.1, -0.05) is 15.9 Å². The summed E-state index contributed by atoms with van der Waals surface area (Å²) in [5.74, 6) is -2.27. The Balaban J connectivity index is 2.24. The number of likely N-dealkylation sites (tertiary alicyclic amines) is 1. The Morgan fingerprint density at radius 1 is 1.35 bits per heavy atom. The van der Waals surface area contributed by atoms with Crippen molar-refractivity contribution in [2.45, 2.75) is 25.8 Å². The van der Waals surface area contributed by atoms with Gasteiger partial charge in [-0.2, -0.15) is 0 Å². The molecule has 2 atom stereocenters. The summed E-state index contributed by atoms with van der Waals surface area (Å²) in [6.45, 7) is 2.05. The number of nitrogens with zero attached hydrogens (tertiary/aromatic N) is 1. The lowest BCUT2D eigenvalue weighted by Gasteiger charge is -2.36. The summed E-state index contributed by atoms with van der Waals surface area (Å²) >= 11 is 3.15. The van der Waals surface area contributed by atoms with Crippen molar-refractivity contribution in [2.75, 3.05) is 6.54 Å². The largest absolute Gasteiger partial charge is 0.481 e. The Morgan fingerprint density at radius 3 is 2.65 bits per heavy atom. The number of hydrogen-bond donors (Lipinski definition) is 1. The number of carbonyl (C=O) groups is 2. The van der Waals surface area contributed by atoms with E-state index in [1.165, 1.54) is 17.0 Å². The van der Waals surface area contributed by atoms with Crippen LogP contribution in [0.3, 0.4) is 0 Å². The van der Waals surface area contributed by atoms with Gasteiger partial charge in [-0.3, -0.25) is 9.59 Å². The number of piperidine rings is 1. The van der Waals surface area contributed by atoms with Gasteiger partial charge in [0.15, 0.2) is 0 Å². The summed E-state index contributed by atoms with van der Waals surface area (Å²) in [5, 5.41) is 9.08. The van der Waals surface area contributed by atoms with Crippen LogP contribution >= 0.6 is 15.9 Å². The molecule has 1 saturated heterocycles. The van der Waals surface area contributed by atoms with Crippen LogP contribution in [-0.4, -0.2) is 34.5 Å². The van der Waals surface area contributed by atoms with Gasteiger partial charge in [0.1, 0.15) is 5.82 Å². The van der Waals surface area contributed by atoms with Crippen LogP contribution in [0.4, 0.5) is 4.39 Å². The van der Waals surface area contributed by atoms with Crippen LogP contribution in [0.5, 0.6) is 0 Å². The smallest absolute Gasteiger partial charge is 0.308 e. The van der Waals surface area contributed by atoms with E-state index in [1.54, 1.807) is 6.07 Å². The average molecular weight is 344 g/mol. The highest BCUT2D eigenvalue weighted by Crippen LogP contribution is 2.25. The van der Waals surface area contributed by atoms with Gasteiger partial charge in [0.2, 0.25) is 0 Å². The highest BCUT2D eigenvalue weighted by Gasteiger charge is 2.33. The van der Waals surface area contributed by atoms with E-state index in [1.807, 2.05) is 6.92 Å². The normalized spacial score (nSPS) is 22.6. The molecule has 4 nitrogen and oxygen atoms in total. The van der Waals surface area contributed by atoms with E-state index in [2.05, 4.69) is 15.9 Å². The molecule has 1 aliphatic heterocycles. The van der Waals surface area contributed by atoms with Crippen LogP contribution in [-0.2, 0) is 4.79 Å². The molecule has 0 aliphatic carbocycles. The van der Waals surface area contributed by atoms with Crippen LogP contribution in [0.1, 0.15) is 30.1 Å². The summed E-state index contributed by atoms with van der Waals surface area (Å²) in [6, 6.07) is 3.95. The molecule has 1 N–H and O–H groups in total. The van der Waals surface area contributed by atoms with Crippen molar-refractivity contribution in [2.24, 2.45) is 5.92 Å². The van der Waals surface area contributed by atoms with E-state index >= 15 is 0 Å². The quantitative estimate of drug-likeness (QED) is 0.898. The number of benzene rings is 1. The lowest BCUT2D eigenvalue weighted by Crippen LogP contribution is -2.47. The molecule has 0 spiro atoms. The lowest BCUT2D eigenvalue weighted by atomic mass is 9.93. The van der Waals surface area contributed by atoms with Crippen LogP contribution in [0.25, 0.3) is 0 Å². The number of halogens is 2. The molecule has 0 saturated carbocycles. The molecule has 1 aromatic carbocycles. The standard InChI is InChI=1S/C14H15BrFNO3/c1-8-2-3-9(14(19)20)7-17(8)13(18)10-4-11(15)6-12(16)5-10/h4-6,8-9H,2-3,7H2,1H3,(H,19,20). The lowest BCUT2D eigenvalue weighted by molar-refractivity contribution is -0.143. The zero-order chi connectivity index (χ0) is 14.9. The first-order chi connectivity index (χ1) is 9.38. The van der Waals surface area contributed by atoms with Crippen LogP contribution in [0, 0.1) is 11.7 Å². The molecule has 2 rings (SSSR count). The minimum absolute atomic E-state index is 0.0415. The fourth-order valence-electron chi connectivity index (χ4n) is 2.43. The molecule has 0 bridgehead atoms. The Bertz CT molecular complexity index is 529. The van der Waals surface area contributed by atoms with Gasteiger partial charge >= 0.3 is 5.97 Å². The van der Waals surface area contributed by atoms with Crippen molar-refractivity contribution in [3.05, 3.63) is 34.1 Å². The first-order valence-electron chi connectivity index (χ1n) is 6.38. The van der Waals surface area contributed by atoms with Gasteiger partial charge in [0, 0.05) is 22.6 Å². The fraction of sp³-hybridized carbons (Fsp3) is 0.429. The van der Waals surface area contributed by atoms with Gasteiger partial charge in [0.05, 0.1) is 5.92 Å². The summed E-state index contributed by atoms with van der Waals surface area (Å²) in [5.41, 5.74) is 0.231. The second kappa shape index (κ2) is 5.91. The zero-order valence-corrected chi connectivity index (χ0v) is 12.6. The second-order valence-electron chi connectivity index (χ2n) is 5.08. The number of carboxylic acid groups (broad SMARTS) is 1. The van der Waals surface area contributed by atoms with Crippen LogP contribution in [0.15, 0.2) is 22.7 Å². The van der Waals surface area contributed by atoms with Gasteiger partial charge in [-0.25, -0.2) is 4.39 Å². The molecule has 6 heteroatoms. The zero-order valence-electron chi connectivity index (χ0n) is 11.0. The van der Waals surface area contributed by atoms with Gasteiger partial charge in [0.25, 0.3) is 5.91 Å². The maximum atomic E-state index is 13.4. The maximum Gasteiger partial charge on any atom is 0.308 e. The van der Waals surface area contributed by atoms with E-state index in [0.29, 0.717) is 17.3 Å². The number of aliphatic carboxylic acids is 1. The highest BCUT2D eigenvalue weighted by atomic mass is 79.9. The molecule has 108 valence electrons. The van der Waals surface area contributed by atoms with Crippen LogP contribution in [0.2, 0.25) is 0 Å². The minimum Gasteiger partial charge on any atom is -0.481 e. The van der Waals surface area contributed by atoms with Crippen molar-refractivity contribution < 1.29 is 19.1 Å². The van der Waals surface area contributed by atoms with Crippen molar-refractivity contribution >= 4 is 27.8 Å². The van der Waals surface area contributed by atoms with Crippen LogP contribution < -0.4 is 0 Å². The topological polar surface area (TPSA) is 57.6 Å². The molecule has 1 aliphatic rings. The van der Waals surface area contributed by atoms with Gasteiger partial charge in [-0.05, 0) is 38.0 Å². The Hall–Kier alpha value is -1.43.